The summed E-state index contributed by atoms with van der Waals surface area (Å²) in [5, 5.41) is 2.70. The van der Waals surface area contributed by atoms with Crippen molar-refractivity contribution in [1.82, 2.24) is 5.32 Å². The highest BCUT2D eigenvalue weighted by Gasteiger charge is 1.96. The number of carbonyl (C=O) groups is 1. The van der Waals surface area contributed by atoms with E-state index in [0.717, 1.165) is 5.56 Å². The highest BCUT2D eigenvalue weighted by atomic mass is 16.4. The number of carbonyl (C=O) groups excluding carboxylic acids is 1. The second-order valence-electron chi connectivity index (χ2n) is 3.37. The van der Waals surface area contributed by atoms with Crippen LogP contribution in [0.2, 0.25) is 0 Å². The zero-order chi connectivity index (χ0) is 12.4. The fourth-order valence-electron chi connectivity index (χ4n) is 0.979. The van der Waals surface area contributed by atoms with Gasteiger partial charge >= 0.3 is 0 Å². The molecule has 16 heavy (non-hydrogen) atoms. The molecule has 1 aromatic rings. The molecule has 3 N–H and O–H groups in total. The summed E-state index contributed by atoms with van der Waals surface area (Å²) in [7, 11) is 3.25. The molecule has 0 saturated heterocycles. The molecule has 1 rings (SSSR count). The van der Waals surface area contributed by atoms with Crippen molar-refractivity contribution in [1.29, 1.82) is 0 Å². The molecule has 0 fully saturated rings. The van der Waals surface area contributed by atoms with Crippen molar-refractivity contribution >= 4 is 5.91 Å². The van der Waals surface area contributed by atoms with E-state index in [1.54, 1.807) is 14.2 Å². The molecular weight excluding hydrogens is 204 g/mol. The van der Waals surface area contributed by atoms with Gasteiger partial charge in [-0.2, -0.15) is 0 Å². The molecule has 0 atom stereocenters. The molecule has 1 amide bonds. The number of methoxy groups -OCH3 is 1. The second-order valence-corrected chi connectivity index (χ2v) is 3.37. The van der Waals surface area contributed by atoms with Gasteiger partial charge in [-0.05, 0) is 12.5 Å². The van der Waals surface area contributed by atoms with Crippen LogP contribution in [0.4, 0.5) is 0 Å². The summed E-state index contributed by atoms with van der Waals surface area (Å²) < 4.78 is 4.25. The maximum Gasteiger partial charge on any atom is 0.234 e. The first-order valence-electron chi connectivity index (χ1n) is 5.06. The largest absolute Gasteiger partial charge is 0.388 e. The summed E-state index contributed by atoms with van der Waals surface area (Å²) in [5.74, 6) is -0.124. The molecule has 0 aliphatic rings. The van der Waals surface area contributed by atoms with Crippen LogP contribution >= 0.6 is 0 Å². The van der Waals surface area contributed by atoms with Crippen LogP contribution in [-0.4, -0.2) is 26.7 Å². The summed E-state index contributed by atoms with van der Waals surface area (Å²) in [5.41, 5.74) is 7.46. The summed E-state index contributed by atoms with van der Waals surface area (Å²) in [4.78, 5) is 10.8. The first-order valence-corrected chi connectivity index (χ1v) is 5.06. The summed E-state index contributed by atoms with van der Waals surface area (Å²) in [6.45, 7) is 2.63. The fraction of sp³-hybridized carbons (Fsp3) is 0.417. The monoisotopic (exact) mass is 224 g/mol. The molecule has 0 radical (unpaired) electrons. The standard InChI is InChI=1S/C10H14N2O.C2H6O/c1-8-2-4-9(5-3-8)7-12-10(13)6-11;1-3-2/h2-5H,6-7,11H2,1H3,(H,12,13);1-2H3. The predicted molar refractivity (Wildman–Crippen MR) is 65.0 cm³/mol. The molecule has 0 spiro atoms. The number of hydrogen-bond donors (Lipinski definition) is 2. The highest BCUT2D eigenvalue weighted by Crippen LogP contribution is 2.01. The van der Waals surface area contributed by atoms with Crippen LogP contribution in [0.1, 0.15) is 11.1 Å². The molecule has 90 valence electrons. The predicted octanol–water partition coefficient (Wildman–Crippen LogP) is 0.833. The summed E-state index contributed by atoms with van der Waals surface area (Å²) in [6.07, 6.45) is 0. The lowest BCUT2D eigenvalue weighted by molar-refractivity contribution is -0.119. The zero-order valence-corrected chi connectivity index (χ0v) is 10.1. The lowest BCUT2D eigenvalue weighted by Gasteiger charge is -2.03. The van der Waals surface area contributed by atoms with Gasteiger partial charge in [0.15, 0.2) is 0 Å². The van der Waals surface area contributed by atoms with Gasteiger partial charge in [0.05, 0.1) is 6.54 Å². The van der Waals surface area contributed by atoms with Crippen molar-refractivity contribution in [3.05, 3.63) is 35.4 Å². The first kappa shape index (κ1) is 14.6. The SMILES string of the molecule is COC.Cc1ccc(CNC(=O)CN)cc1. The van der Waals surface area contributed by atoms with E-state index >= 15 is 0 Å². The van der Waals surface area contributed by atoms with Crippen LogP contribution in [0.5, 0.6) is 0 Å². The van der Waals surface area contributed by atoms with E-state index in [-0.39, 0.29) is 12.5 Å². The number of ether oxygens (including phenoxy) is 1. The maximum absolute atomic E-state index is 10.8. The Kier molecular flexibility index (Phi) is 8.11. The minimum atomic E-state index is -0.124. The van der Waals surface area contributed by atoms with Crippen LogP contribution in [0.25, 0.3) is 0 Å². The van der Waals surface area contributed by atoms with Gasteiger partial charge in [0, 0.05) is 20.8 Å². The molecule has 4 heteroatoms. The molecule has 0 aliphatic heterocycles. The van der Waals surface area contributed by atoms with Gasteiger partial charge in [0.2, 0.25) is 5.91 Å². The van der Waals surface area contributed by atoms with E-state index in [1.165, 1.54) is 5.56 Å². The van der Waals surface area contributed by atoms with E-state index in [2.05, 4.69) is 10.1 Å². The number of hydrogen-bond acceptors (Lipinski definition) is 3. The van der Waals surface area contributed by atoms with Crippen molar-refractivity contribution in [2.24, 2.45) is 5.73 Å². The van der Waals surface area contributed by atoms with Crippen molar-refractivity contribution < 1.29 is 9.53 Å². The number of amides is 1. The van der Waals surface area contributed by atoms with Gasteiger partial charge in [0.1, 0.15) is 0 Å². The molecule has 0 heterocycles. The van der Waals surface area contributed by atoms with Crippen molar-refractivity contribution in [3.63, 3.8) is 0 Å². The summed E-state index contributed by atoms with van der Waals surface area (Å²) in [6, 6.07) is 8.02. The summed E-state index contributed by atoms with van der Waals surface area (Å²) >= 11 is 0. The average Bonchev–Trinajstić information content (AvgIpc) is 2.29. The zero-order valence-electron chi connectivity index (χ0n) is 10.1. The van der Waals surface area contributed by atoms with E-state index in [1.807, 2.05) is 31.2 Å². The minimum absolute atomic E-state index is 0.0475. The smallest absolute Gasteiger partial charge is 0.234 e. The third-order valence-electron chi connectivity index (χ3n) is 1.80. The number of aryl methyl sites for hydroxylation is 1. The van der Waals surface area contributed by atoms with Gasteiger partial charge < -0.3 is 15.8 Å². The third kappa shape index (κ3) is 6.98. The maximum atomic E-state index is 10.8. The van der Waals surface area contributed by atoms with Crippen molar-refractivity contribution in [2.45, 2.75) is 13.5 Å². The Morgan fingerprint density at radius 3 is 2.25 bits per heavy atom. The Hall–Kier alpha value is -1.39. The Labute approximate surface area is 96.8 Å². The fourth-order valence-corrected chi connectivity index (χ4v) is 0.979. The van der Waals surface area contributed by atoms with Gasteiger partial charge in [0.25, 0.3) is 0 Å². The number of rotatable bonds is 3. The number of nitrogens with two attached hydrogens (primary N) is 1. The topological polar surface area (TPSA) is 64.3 Å². The van der Waals surface area contributed by atoms with Crippen molar-refractivity contribution in [2.75, 3.05) is 20.8 Å². The van der Waals surface area contributed by atoms with Gasteiger partial charge in [-0.3, -0.25) is 4.79 Å². The van der Waals surface area contributed by atoms with E-state index in [4.69, 9.17) is 5.73 Å². The van der Waals surface area contributed by atoms with E-state index in [9.17, 15) is 4.79 Å². The van der Waals surface area contributed by atoms with Crippen LogP contribution in [0.3, 0.4) is 0 Å². The second kappa shape index (κ2) is 8.88. The Morgan fingerprint density at radius 1 is 1.31 bits per heavy atom. The lowest BCUT2D eigenvalue weighted by Crippen LogP contribution is -2.29. The molecule has 1 aromatic carbocycles. The average molecular weight is 224 g/mol. The molecular formula is C12H20N2O2. The molecule has 0 aliphatic carbocycles. The number of nitrogens with one attached hydrogen (secondary N) is 1. The first-order chi connectivity index (χ1) is 7.63. The quantitative estimate of drug-likeness (QED) is 0.799. The molecule has 4 nitrogen and oxygen atoms in total. The third-order valence-corrected chi connectivity index (χ3v) is 1.80. The van der Waals surface area contributed by atoms with Crippen LogP contribution in [0, 0.1) is 6.92 Å². The van der Waals surface area contributed by atoms with Crippen molar-refractivity contribution in [3.8, 4) is 0 Å². The highest BCUT2D eigenvalue weighted by molar-refractivity contribution is 5.77. The normalized spacial score (nSPS) is 9.00. The Morgan fingerprint density at radius 2 is 1.81 bits per heavy atom. The van der Waals surface area contributed by atoms with E-state index in [0.29, 0.717) is 6.54 Å². The van der Waals surface area contributed by atoms with Crippen LogP contribution in [0.15, 0.2) is 24.3 Å². The van der Waals surface area contributed by atoms with Gasteiger partial charge in [-0.1, -0.05) is 29.8 Å². The Balaban J connectivity index is 0.000000673. The lowest BCUT2D eigenvalue weighted by atomic mass is 10.1. The molecule has 0 aromatic heterocycles. The van der Waals surface area contributed by atoms with E-state index < -0.39 is 0 Å². The Bertz CT molecular complexity index is 296. The molecule has 0 unspecified atom stereocenters. The molecule has 0 bridgehead atoms. The van der Waals surface area contributed by atoms with Crippen LogP contribution in [-0.2, 0) is 16.1 Å². The van der Waals surface area contributed by atoms with Gasteiger partial charge in [-0.15, -0.1) is 0 Å². The number of benzene rings is 1. The van der Waals surface area contributed by atoms with Gasteiger partial charge in [-0.25, -0.2) is 0 Å². The minimum Gasteiger partial charge on any atom is -0.388 e. The molecule has 0 saturated carbocycles. The van der Waals surface area contributed by atoms with Crippen LogP contribution < -0.4 is 11.1 Å².